The molecule has 4 nitrogen and oxygen atoms in total. The first-order valence-electron chi connectivity index (χ1n) is 8.84. The van der Waals surface area contributed by atoms with Crippen LogP contribution >= 0.6 is 27.5 Å². The number of rotatable bonds is 5. The number of carbonyl (C=O) groups excluding carboxylic acids is 1. The Morgan fingerprint density at radius 1 is 1.22 bits per heavy atom. The number of aromatic nitrogens is 2. The van der Waals surface area contributed by atoms with Crippen LogP contribution in [0.15, 0.2) is 59.2 Å². The second kappa shape index (κ2) is 7.49. The Morgan fingerprint density at radius 3 is 2.63 bits per heavy atom. The fraction of sp³-hybridized carbons (Fsp3) is 0.238. The number of amides is 1. The van der Waals surface area contributed by atoms with Crippen molar-refractivity contribution in [2.45, 2.75) is 25.8 Å². The van der Waals surface area contributed by atoms with E-state index in [1.165, 1.54) is 11.1 Å². The molecule has 27 heavy (non-hydrogen) atoms. The van der Waals surface area contributed by atoms with Gasteiger partial charge in [0.25, 0.3) is 0 Å². The van der Waals surface area contributed by atoms with Crippen LogP contribution in [0.1, 0.15) is 29.0 Å². The van der Waals surface area contributed by atoms with Gasteiger partial charge in [0, 0.05) is 17.1 Å². The van der Waals surface area contributed by atoms with Crippen molar-refractivity contribution >= 4 is 39.3 Å². The van der Waals surface area contributed by atoms with Gasteiger partial charge in [-0.25, -0.2) is 0 Å². The van der Waals surface area contributed by atoms with Gasteiger partial charge in [-0.1, -0.05) is 53.6 Å². The lowest BCUT2D eigenvalue weighted by Crippen LogP contribution is -2.15. The van der Waals surface area contributed by atoms with Crippen LogP contribution in [0.4, 0.5) is 5.82 Å². The molecule has 1 aliphatic carbocycles. The predicted molar refractivity (Wildman–Crippen MR) is 111 cm³/mol. The number of aryl methyl sites for hydroxylation is 1. The number of anilines is 1. The lowest BCUT2D eigenvalue weighted by Gasteiger charge is -2.04. The molecule has 4 rings (SSSR count). The van der Waals surface area contributed by atoms with Crippen LogP contribution in [0, 0.1) is 12.8 Å². The summed E-state index contributed by atoms with van der Waals surface area (Å²) in [4.78, 5) is 12.6. The summed E-state index contributed by atoms with van der Waals surface area (Å²) < 4.78 is 2.61. The van der Waals surface area contributed by atoms with Gasteiger partial charge >= 0.3 is 0 Å². The molecule has 0 bridgehead atoms. The van der Waals surface area contributed by atoms with Gasteiger partial charge in [-0.05, 0) is 58.5 Å². The molecule has 1 aliphatic rings. The second-order valence-corrected chi connectivity index (χ2v) is 8.29. The summed E-state index contributed by atoms with van der Waals surface area (Å²) >= 11 is 9.43. The maximum Gasteiger partial charge on any atom is 0.229 e. The maximum absolute atomic E-state index is 12.6. The molecule has 0 saturated heterocycles. The monoisotopic (exact) mass is 443 g/mol. The van der Waals surface area contributed by atoms with E-state index in [9.17, 15) is 4.79 Å². The van der Waals surface area contributed by atoms with E-state index in [2.05, 4.69) is 57.5 Å². The Labute approximate surface area is 171 Å². The van der Waals surface area contributed by atoms with Gasteiger partial charge in [0.1, 0.15) is 0 Å². The fourth-order valence-electron chi connectivity index (χ4n) is 3.22. The Bertz CT molecular complexity index is 966. The molecule has 0 radical (unpaired) electrons. The smallest absolute Gasteiger partial charge is 0.229 e. The molecule has 2 atom stereocenters. The lowest BCUT2D eigenvalue weighted by atomic mass is 10.1. The molecular weight excluding hydrogens is 426 g/mol. The van der Waals surface area contributed by atoms with E-state index >= 15 is 0 Å². The Morgan fingerprint density at radius 2 is 1.93 bits per heavy atom. The Kier molecular flexibility index (Phi) is 5.06. The molecule has 1 saturated carbocycles. The lowest BCUT2D eigenvalue weighted by molar-refractivity contribution is -0.117. The van der Waals surface area contributed by atoms with E-state index in [0.717, 1.165) is 16.5 Å². The third-order valence-electron chi connectivity index (χ3n) is 4.85. The molecule has 0 aliphatic heterocycles. The average Bonchev–Trinajstić information content (AvgIpc) is 3.37. The highest BCUT2D eigenvalue weighted by molar-refractivity contribution is 9.10. The molecular formula is C21H19BrClN3O. The van der Waals surface area contributed by atoms with E-state index in [1.54, 1.807) is 0 Å². The normalized spacial score (nSPS) is 18.3. The Balaban J connectivity index is 1.39. The number of carbonyl (C=O) groups is 1. The topological polar surface area (TPSA) is 46.9 Å². The zero-order chi connectivity index (χ0) is 19.0. The van der Waals surface area contributed by atoms with Crippen LogP contribution in [0.3, 0.4) is 0 Å². The number of halogens is 2. The maximum atomic E-state index is 12.6. The van der Waals surface area contributed by atoms with Crippen molar-refractivity contribution in [3.8, 4) is 0 Å². The summed E-state index contributed by atoms with van der Waals surface area (Å²) in [7, 11) is 0. The van der Waals surface area contributed by atoms with Crippen LogP contribution < -0.4 is 5.32 Å². The van der Waals surface area contributed by atoms with Crippen molar-refractivity contribution in [3.63, 3.8) is 0 Å². The summed E-state index contributed by atoms with van der Waals surface area (Å²) in [6.45, 7) is 2.72. The Hall–Kier alpha value is -2.11. The molecule has 1 fully saturated rings. The SMILES string of the molecule is Cc1ccc(Cn2cc(Br)c(NC(=O)C3CC3c3ccc(Cl)cc3)n2)cc1. The zero-order valence-electron chi connectivity index (χ0n) is 14.8. The number of hydrogen-bond donors (Lipinski definition) is 1. The van der Waals surface area contributed by atoms with Crippen molar-refractivity contribution in [1.82, 2.24) is 9.78 Å². The van der Waals surface area contributed by atoms with Crippen LogP contribution in [0.5, 0.6) is 0 Å². The highest BCUT2D eigenvalue weighted by atomic mass is 79.9. The molecule has 1 N–H and O–H groups in total. The van der Waals surface area contributed by atoms with E-state index in [1.807, 2.05) is 35.1 Å². The minimum atomic E-state index is -0.0136. The number of nitrogens with one attached hydrogen (secondary N) is 1. The third kappa shape index (κ3) is 4.25. The largest absolute Gasteiger partial charge is 0.308 e. The van der Waals surface area contributed by atoms with Crippen molar-refractivity contribution in [2.75, 3.05) is 5.32 Å². The quantitative estimate of drug-likeness (QED) is 0.573. The van der Waals surface area contributed by atoms with Crippen molar-refractivity contribution in [1.29, 1.82) is 0 Å². The van der Waals surface area contributed by atoms with Crippen molar-refractivity contribution < 1.29 is 4.79 Å². The summed E-state index contributed by atoms with van der Waals surface area (Å²) in [5, 5.41) is 8.17. The first kappa shape index (κ1) is 18.3. The van der Waals surface area contributed by atoms with Crippen LogP contribution in [0.2, 0.25) is 5.02 Å². The van der Waals surface area contributed by atoms with Gasteiger partial charge in [-0.15, -0.1) is 0 Å². The zero-order valence-corrected chi connectivity index (χ0v) is 17.2. The van der Waals surface area contributed by atoms with Gasteiger partial charge in [0.2, 0.25) is 5.91 Å². The summed E-state index contributed by atoms with van der Waals surface area (Å²) in [6, 6.07) is 16.1. The van der Waals surface area contributed by atoms with Gasteiger partial charge in [-0.2, -0.15) is 5.10 Å². The highest BCUT2D eigenvalue weighted by Gasteiger charge is 2.44. The summed E-state index contributed by atoms with van der Waals surface area (Å²) in [6.07, 6.45) is 2.74. The molecule has 0 spiro atoms. The molecule has 3 aromatic rings. The minimum Gasteiger partial charge on any atom is -0.308 e. The van der Waals surface area contributed by atoms with E-state index in [0.29, 0.717) is 17.4 Å². The molecule has 2 unspecified atom stereocenters. The van der Waals surface area contributed by atoms with Gasteiger partial charge < -0.3 is 5.32 Å². The van der Waals surface area contributed by atoms with E-state index in [4.69, 9.17) is 11.6 Å². The first-order chi connectivity index (χ1) is 13.0. The minimum absolute atomic E-state index is 0.0104. The van der Waals surface area contributed by atoms with Crippen molar-refractivity contribution in [2.24, 2.45) is 5.92 Å². The predicted octanol–water partition coefficient (Wildman–Crippen LogP) is 5.40. The standard InChI is InChI=1S/C21H19BrClN3O/c1-13-2-4-14(5-3-13)11-26-12-19(22)20(25-26)24-21(27)18-10-17(18)15-6-8-16(23)9-7-15/h2-9,12,17-18H,10-11H2,1H3,(H,24,25,27). The average molecular weight is 445 g/mol. The number of nitrogens with zero attached hydrogens (tertiary/aromatic N) is 2. The summed E-state index contributed by atoms with van der Waals surface area (Å²) in [5.74, 6) is 0.820. The molecule has 2 aromatic carbocycles. The molecule has 6 heteroatoms. The van der Waals surface area contributed by atoms with Crippen LogP contribution in [0.25, 0.3) is 0 Å². The van der Waals surface area contributed by atoms with Crippen LogP contribution in [-0.4, -0.2) is 15.7 Å². The van der Waals surface area contributed by atoms with E-state index in [-0.39, 0.29) is 17.7 Å². The van der Waals surface area contributed by atoms with E-state index < -0.39 is 0 Å². The van der Waals surface area contributed by atoms with Crippen LogP contribution in [-0.2, 0) is 11.3 Å². The van der Waals surface area contributed by atoms with Gasteiger partial charge in [0.05, 0.1) is 11.0 Å². The van der Waals surface area contributed by atoms with Crippen molar-refractivity contribution in [3.05, 3.63) is 80.9 Å². The number of benzene rings is 2. The molecule has 138 valence electrons. The van der Waals surface area contributed by atoms with Gasteiger partial charge in [0.15, 0.2) is 5.82 Å². The number of hydrogen-bond acceptors (Lipinski definition) is 2. The fourth-order valence-corrected chi connectivity index (χ4v) is 3.76. The third-order valence-corrected chi connectivity index (χ3v) is 5.68. The summed E-state index contributed by atoms with van der Waals surface area (Å²) in [5.41, 5.74) is 3.55. The molecule has 1 amide bonds. The second-order valence-electron chi connectivity index (χ2n) is 7.00. The molecule has 1 aromatic heterocycles. The molecule has 1 heterocycles. The van der Waals surface area contributed by atoms with Gasteiger partial charge in [-0.3, -0.25) is 9.48 Å². The first-order valence-corrected chi connectivity index (χ1v) is 10.0. The highest BCUT2D eigenvalue weighted by Crippen LogP contribution is 2.48.